The summed E-state index contributed by atoms with van der Waals surface area (Å²) in [7, 11) is 0. The van der Waals surface area contributed by atoms with E-state index in [0.29, 0.717) is 37.0 Å². The van der Waals surface area contributed by atoms with Crippen LogP contribution >= 0.6 is 0 Å². The normalized spacial score (nSPS) is 23.7. The number of nitrogens with zero attached hydrogens (tertiary/aromatic N) is 3. The Balaban J connectivity index is 1.53. The zero-order valence-corrected chi connectivity index (χ0v) is 16.5. The zero-order valence-electron chi connectivity index (χ0n) is 16.5. The summed E-state index contributed by atoms with van der Waals surface area (Å²) in [5, 5.41) is 13.0. The maximum atomic E-state index is 14.6. The van der Waals surface area contributed by atoms with Gasteiger partial charge in [-0.1, -0.05) is 12.8 Å². The molecule has 4 rings (SSSR count). The van der Waals surface area contributed by atoms with E-state index in [4.69, 9.17) is 4.74 Å². The fourth-order valence-electron chi connectivity index (χ4n) is 4.36. The number of benzene rings is 1. The number of carbonyl (C=O) groups excluding carboxylic acids is 1. The van der Waals surface area contributed by atoms with Gasteiger partial charge in [0.15, 0.2) is 6.10 Å². The van der Waals surface area contributed by atoms with Crippen molar-refractivity contribution in [1.82, 2.24) is 10.3 Å². The second-order valence-corrected chi connectivity index (χ2v) is 8.06. The molecule has 1 aromatic heterocycles. The maximum absolute atomic E-state index is 14.6. The van der Waals surface area contributed by atoms with Crippen LogP contribution in [0.1, 0.15) is 38.2 Å². The van der Waals surface area contributed by atoms with E-state index in [1.807, 2.05) is 25.1 Å². The van der Waals surface area contributed by atoms with Crippen molar-refractivity contribution in [2.24, 2.45) is 0 Å². The number of aromatic nitrogens is 1. The lowest BCUT2D eigenvalue weighted by molar-refractivity contribution is -0.138. The van der Waals surface area contributed by atoms with E-state index in [1.54, 1.807) is 12.3 Å². The number of nitrogens with one attached hydrogen (secondary N) is 1. The molecule has 6 nitrogen and oxygen atoms in total. The third-order valence-electron chi connectivity index (χ3n) is 5.84. The lowest BCUT2D eigenvalue weighted by atomic mass is 10.0. The van der Waals surface area contributed by atoms with Gasteiger partial charge in [-0.3, -0.25) is 9.78 Å². The molecule has 1 N–H and O–H groups in total. The molecule has 1 aliphatic carbocycles. The number of fused-ring (bicyclic) bond motifs is 1. The molecule has 2 heterocycles. The highest BCUT2D eigenvalue weighted by atomic mass is 19.1. The second-order valence-electron chi connectivity index (χ2n) is 8.06. The van der Waals surface area contributed by atoms with Crippen LogP contribution in [0.2, 0.25) is 0 Å². The van der Waals surface area contributed by atoms with E-state index in [-0.39, 0.29) is 18.6 Å². The van der Waals surface area contributed by atoms with Crippen molar-refractivity contribution in [2.45, 2.75) is 50.5 Å². The van der Waals surface area contributed by atoms with Gasteiger partial charge in [0.05, 0.1) is 30.3 Å². The topological polar surface area (TPSA) is 78.2 Å². The molecule has 2 atom stereocenters. The Morgan fingerprint density at radius 3 is 2.93 bits per heavy atom. The fraction of sp³-hybridized carbons (Fsp3) is 0.500. The number of anilines is 1. The summed E-state index contributed by atoms with van der Waals surface area (Å²) in [4.78, 5) is 19.1. The predicted octanol–water partition coefficient (Wildman–Crippen LogP) is 3.10. The van der Waals surface area contributed by atoms with Crippen molar-refractivity contribution < 1.29 is 13.9 Å². The summed E-state index contributed by atoms with van der Waals surface area (Å²) >= 11 is 0. The maximum Gasteiger partial charge on any atom is 0.251 e. The summed E-state index contributed by atoms with van der Waals surface area (Å²) in [6.07, 6.45) is 3.59. The monoisotopic (exact) mass is 396 g/mol. The van der Waals surface area contributed by atoms with E-state index in [0.717, 1.165) is 23.9 Å². The van der Waals surface area contributed by atoms with Crippen molar-refractivity contribution in [1.29, 1.82) is 5.26 Å². The molecule has 2 aliphatic rings. The molecule has 152 valence electrons. The second kappa shape index (κ2) is 7.96. The molecule has 7 heteroatoms. The average molecular weight is 396 g/mol. The molecule has 1 aliphatic heterocycles. The average Bonchev–Trinajstić information content (AvgIpc) is 3.17. The highest BCUT2D eigenvalue weighted by Crippen LogP contribution is 2.33. The minimum absolute atomic E-state index is 0.0454. The van der Waals surface area contributed by atoms with Crippen LogP contribution in [0.25, 0.3) is 10.9 Å². The van der Waals surface area contributed by atoms with Gasteiger partial charge in [-0.2, -0.15) is 5.26 Å². The van der Waals surface area contributed by atoms with Crippen molar-refractivity contribution in [2.75, 3.05) is 24.5 Å². The van der Waals surface area contributed by atoms with Gasteiger partial charge in [-0.25, -0.2) is 4.39 Å². The molecule has 0 radical (unpaired) electrons. The Kier molecular flexibility index (Phi) is 5.37. The van der Waals surface area contributed by atoms with Gasteiger partial charge in [-0.05, 0) is 44.0 Å². The standard InChI is InChI=1S/C22H25FN4O2/c1-15-12-27(18-7-6-16(11-24)20-17(18)5-4-10-25-20)13-19(29-15)21(28)26-14-22(23)8-2-3-9-22/h4-7,10,15,19H,2-3,8-9,12-14H2,1H3,(H,26,28). The minimum Gasteiger partial charge on any atom is -0.365 e. The number of alkyl halides is 1. The van der Waals surface area contributed by atoms with E-state index in [2.05, 4.69) is 21.3 Å². The number of nitriles is 1. The molecule has 2 unspecified atom stereocenters. The number of rotatable bonds is 4. The highest BCUT2D eigenvalue weighted by molar-refractivity contribution is 5.95. The first kappa shape index (κ1) is 19.6. The van der Waals surface area contributed by atoms with Crippen LogP contribution in [0.15, 0.2) is 30.5 Å². The highest BCUT2D eigenvalue weighted by Gasteiger charge is 2.36. The Bertz CT molecular complexity index is 951. The van der Waals surface area contributed by atoms with Crippen LogP contribution in [0.5, 0.6) is 0 Å². The van der Waals surface area contributed by atoms with Crippen LogP contribution < -0.4 is 10.2 Å². The Morgan fingerprint density at radius 1 is 1.38 bits per heavy atom. The molecular formula is C22H25FN4O2. The van der Waals surface area contributed by atoms with Crippen molar-refractivity contribution in [3.8, 4) is 6.07 Å². The lowest BCUT2D eigenvalue weighted by Gasteiger charge is -2.38. The Hall–Kier alpha value is -2.72. The molecule has 1 saturated heterocycles. The number of pyridine rings is 1. The summed E-state index contributed by atoms with van der Waals surface area (Å²) in [5.41, 5.74) is 0.792. The first-order valence-corrected chi connectivity index (χ1v) is 10.1. The van der Waals surface area contributed by atoms with E-state index in [1.165, 1.54) is 0 Å². The molecule has 2 fully saturated rings. The van der Waals surface area contributed by atoms with Gasteiger partial charge in [-0.15, -0.1) is 0 Å². The number of amides is 1. The summed E-state index contributed by atoms with van der Waals surface area (Å²) in [6, 6.07) is 9.60. The van der Waals surface area contributed by atoms with Crippen LogP contribution in [0.3, 0.4) is 0 Å². The fourth-order valence-corrected chi connectivity index (χ4v) is 4.36. The van der Waals surface area contributed by atoms with Crippen molar-refractivity contribution >= 4 is 22.5 Å². The lowest BCUT2D eigenvalue weighted by Crippen LogP contribution is -2.54. The third kappa shape index (κ3) is 4.03. The van der Waals surface area contributed by atoms with Gasteiger partial charge < -0.3 is 15.0 Å². The largest absolute Gasteiger partial charge is 0.365 e. The summed E-state index contributed by atoms with van der Waals surface area (Å²) in [5.74, 6) is -0.276. The van der Waals surface area contributed by atoms with Crippen molar-refractivity contribution in [3.63, 3.8) is 0 Å². The minimum atomic E-state index is -1.29. The molecule has 0 spiro atoms. The summed E-state index contributed by atoms with van der Waals surface area (Å²) < 4.78 is 20.5. The van der Waals surface area contributed by atoms with Crippen LogP contribution in [-0.2, 0) is 9.53 Å². The number of carbonyl (C=O) groups is 1. The van der Waals surface area contributed by atoms with Crippen LogP contribution in [0.4, 0.5) is 10.1 Å². The SMILES string of the molecule is CC1CN(c2ccc(C#N)c3ncccc23)CC(C(=O)NCC2(F)CCCC2)O1. The quantitative estimate of drug-likeness (QED) is 0.859. The van der Waals surface area contributed by atoms with Gasteiger partial charge in [0.2, 0.25) is 0 Å². The van der Waals surface area contributed by atoms with E-state index in [9.17, 15) is 14.4 Å². The van der Waals surface area contributed by atoms with Crippen LogP contribution in [-0.4, -0.2) is 48.4 Å². The van der Waals surface area contributed by atoms with Gasteiger partial charge in [0.1, 0.15) is 11.7 Å². The van der Waals surface area contributed by atoms with Gasteiger partial charge in [0.25, 0.3) is 5.91 Å². The van der Waals surface area contributed by atoms with Gasteiger partial charge in [0, 0.05) is 23.8 Å². The smallest absolute Gasteiger partial charge is 0.251 e. The Labute approximate surface area is 169 Å². The number of halogens is 1. The number of hydrogen-bond acceptors (Lipinski definition) is 5. The van der Waals surface area contributed by atoms with Crippen LogP contribution in [0, 0.1) is 11.3 Å². The van der Waals surface area contributed by atoms with Gasteiger partial charge >= 0.3 is 0 Å². The number of morpholine rings is 1. The first-order chi connectivity index (χ1) is 14.0. The van der Waals surface area contributed by atoms with Crippen molar-refractivity contribution in [3.05, 3.63) is 36.0 Å². The van der Waals surface area contributed by atoms with E-state index >= 15 is 0 Å². The molecule has 1 aromatic carbocycles. The number of hydrogen-bond donors (Lipinski definition) is 1. The first-order valence-electron chi connectivity index (χ1n) is 10.1. The summed E-state index contributed by atoms with van der Waals surface area (Å²) in [6.45, 7) is 2.95. The predicted molar refractivity (Wildman–Crippen MR) is 108 cm³/mol. The molecule has 2 aromatic rings. The molecule has 29 heavy (non-hydrogen) atoms. The molecular weight excluding hydrogens is 371 g/mol. The molecule has 0 bridgehead atoms. The Morgan fingerprint density at radius 2 is 2.17 bits per heavy atom. The van der Waals surface area contributed by atoms with E-state index < -0.39 is 11.8 Å². The molecule has 1 amide bonds. The molecule has 1 saturated carbocycles. The third-order valence-corrected chi connectivity index (χ3v) is 5.84. The number of ether oxygens (including phenoxy) is 1. The zero-order chi connectivity index (χ0) is 20.4.